The number of benzene rings is 2. The number of thiazole rings is 1. The lowest BCUT2D eigenvalue weighted by atomic mass is 10.2. The second-order valence-electron chi connectivity index (χ2n) is 7.57. The van der Waals surface area contributed by atoms with Gasteiger partial charge < -0.3 is 19.5 Å². The van der Waals surface area contributed by atoms with Crippen molar-refractivity contribution in [3.8, 4) is 17.2 Å². The summed E-state index contributed by atoms with van der Waals surface area (Å²) in [6, 6.07) is 16.9. The number of methoxy groups -OCH3 is 1. The molecule has 0 spiro atoms. The highest BCUT2D eigenvalue weighted by atomic mass is 32.1. The van der Waals surface area contributed by atoms with Crippen LogP contribution < -0.4 is 19.5 Å². The zero-order valence-corrected chi connectivity index (χ0v) is 19.8. The molecule has 0 unspecified atom stereocenters. The second-order valence-corrected chi connectivity index (χ2v) is 8.51. The van der Waals surface area contributed by atoms with E-state index in [-0.39, 0.29) is 12.3 Å². The quantitative estimate of drug-likeness (QED) is 0.340. The van der Waals surface area contributed by atoms with Crippen LogP contribution in [0.2, 0.25) is 0 Å². The largest absolute Gasteiger partial charge is 0.493 e. The molecule has 0 radical (unpaired) electrons. The lowest BCUT2D eigenvalue weighted by molar-refractivity contribution is -0.115. The van der Waals surface area contributed by atoms with Crippen LogP contribution in [0.1, 0.15) is 21.8 Å². The SMILES string of the molecule is COc1ccc(NC(=O)Cc2csc(COc3ccc(C)cc3)n2)cc1OCc1ccncc1. The molecular formula is C26H25N3O4S. The molecule has 34 heavy (non-hydrogen) atoms. The van der Waals surface area contributed by atoms with Crippen molar-refractivity contribution < 1.29 is 19.0 Å². The predicted octanol–water partition coefficient (Wildman–Crippen LogP) is 5.19. The molecule has 0 saturated carbocycles. The van der Waals surface area contributed by atoms with Crippen molar-refractivity contribution in [2.75, 3.05) is 12.4 Å². The lowest BCUT2D eigenvalue weighted by Crippen LogP contribution is -2.14. The zero-order chi connectivity index (χ0) is 23.8. The van der Waals surface area contributed by atoms with Gasteiger partial charge in [0, 0.05) is 29.5 Å². The summed E-state index contributed by atoms with van der Waals surface area (Å²) in [5, 5.41) is 5.60. The first-order valence-electron chi connectivity index (χ1n) is 10.7. The average molecular weight is 476 g/mol. The molecular weight excluding hydrogens is 450 g/mol. The van der Waals surface area contributed by atoms with E-state index >= 15 is 0 Å². The van der Waals surface area contributed by atoms with Crippen LogP contribution in [0.25, 0.3) is 0 Å². The summed E-state index contributed by atoms with van der Waals surface area (Å²) in [4.78, 5) is 21.1. The normalized spacial score (nSPS) is 10.5. The number of hydrogen-bond acceptors (Lipinski definition) is 7. The number of nitrogens with one attached hydrogen (secondary N) is 1. The Morgan fingerprint density at radius 1 is 0.971 bits per heavy atom. The van der Waals surface area contributed by atoms with E-state index in [0.29, 0.717) is 36.1 Å². The predicted molar refractivity (Wildman–Crippen MR) is 132 cm³/mol. The van der Waals surface area contributed by atoms with Crippen LogP contribution in [0, 0.1) is 6.92 Å². The topological polar surface area (TPSA) is 82.6 Å². The van der Waals surface area contributed by atoms with Crippen LogP contribution in [0.15, 0.2) is 72.4 Å². The van der Waals surface area contributed by atoms with Crippen molar-refractivity contribution >= 4 is 22.9 Å². The molecule has 8 heteroatoms. The summed E-state index contributed by atoms with van der Waals surface area (Å²) >= 11 is 1.48. The first kappa shape index (κ1) is 23.3. The van der Waals surface area contributed by atoms with Gasteiger partial charge in [-0.1, -0.05) is 17.7 Å². The minimum atomic E-state index is -0.165. The highest BCUT2D eigenvalue weighted by Crippen LogP contribution is 2.31. The number of carbonyl (C=O) groups is 1. The van der Waals surface area contributed by atoms with Crippen molar-refractivity contribution in [1.82, 2.24) is 9.97 Å². The lowest BCUT2D eigenvalue weighted by Gasteiger charge is -2.13. The Morgan fingerprint density at radius 2 is 1.76 bits per heavy atom. The maximum atomic E-state index is 12.6. The van der Waals surface area contributed by atoms with Crippen LogP contribution in [0.3, 0.4) is 0 Å². The number of anilines is 1. The molecule has 2 heterocycles. The summed E-state index contributed by atoms with van der Waals surface area (Å²) < 4.78 is 17.1. The Hall–Kier alpha value is -3.91. The van der Waals surface area contributed by atoms with Crippen LogP contribution in [0.5, 0.6) is 17.2 Å². The molecule has 1 N–H and O–H groups in total. The number of rotatable bonds is 10. The molecule has 0 atom stereocenters. The molecule has 0 fully saturated rings. The minimum Gasteiger partial charge on any atom is -0.493 e. The number of pyridine rings is 1. The molecule has 0 saturated heterocycles. The number of ether oxygens (including phenoxy) is 3. The van der Waals surface area contributed by atoms with Crippen molar-refractivity contribution in [3.63, 3.8) is 0 Å². The second kappa shape index (κ2) is 11.3. The van der Waals surface area contributed by atoms with E-state index < -0.39 is 0 Å². The molecule has 2 aromatic carbocycles. The molecule has 174 valence electrons. The molecule has 0 aliphatic heterocycles. The van der Waals surface area contributed by atoms with Gasteiger partial charge in [-0.2, -0.15) is 0 Å². The van der Waals surface area contributed by atoms with Gasteiger partial charge in [-0.15, -0.1) is 11.3 Å². The molecule has 1 amide bonds. The standard InChI is InChI=1S/C26H25N3O4S/c1-18-3-6-22(7-4-18)32-16-26-29-21(17-34-26)14-25(30)28-20-5-8-23(31-2)24(13-20)33-15-19-9-11-27-12-10-19/h3-13,17H,14-16H2,1-2H3,(H,28,30). The maximum absolute atomic E-state index is 12.6. The van der Waals surface area contributed by atoms with Gasteiger partial charge in [0.15, 0.2) is 11.5 Å². The van der Waals surface area contributed by atoms with Crippen LogP contribution >= 0.6 is 11.3 Å². The number of amides is 1. The minimum absolute atomic E-state index is 0.165. The molecule has 0 bridgehead atoms. The number of nitrogens with zero attached hydrogens (tertiary/aromatic N) is 2. The van der Waals surface area contributed by atoms with E-state index in [2.05, 4.69) is 15.3 Å². The zero-order valence-electron chi connectivity index (χ0n) is 19.0. The van der Waals surface area contributed by atoms with Crippen LogP contribution in [0.4, 0.5) is 5.69 Å². The summed E-state index contributed by atoms with van der Waals surface area (Å²) in [7, 11) is 1.58. The Bertz CT molecular complexity index is 1230. The third kappa shape index (κ3) is 6.55. The van der Waals surface area contributed by atoms with E-state index in [9.17, 15) is 4.79 Å². The van der Waals surface area contributed by atoms with Gasteiger partial charge in [-0.25, -0.2) is 4.98 Å². The number of aryl methyl sites for hydroxylation is 1. The maximum Gasteiger partial charge on any atom is 0.230 e. The van der Waals surface area contributed by atoms with Crippen molar-refractivity contribution in [3.05, 3.63) is 94.2 Å². The van der Waals surface area contributed by atoms with Gasteiger partial charge in [0.1, 0.15) is 24.0 Å². The monoisotopic (exact) mass is 475 g/mol. The Morgan fingerprint density at radius 3 is 2.53 bits per heavy atom. The first-order valence-corrected chi connectivity index (χ1v) is 11.6. The van der Waals surface area contributed by atoms with Crippen molar-refractivity contribution in [2.24, 2.45) is 0 Å². The Kier molecular flexibility index (Phi) is 7.72. The fourth-order valence-corrected chi connectivity index (χ4v) is 3.86. The van der Waals surface area contributed by atoms with Crippen molar-refractivity contribution in [2.45, 2.75) is 26.6 Å². The highest BCUT2D eigenvalue weighted by molar-refractivity contribution is 7.09. The molecule has 0 aliphatic carbocycles. The van der Waals surface area contributed by atoms with Gasteiger partial charge in [0.25, 0.3) is 0 Å². The summed E-state index contributed by atoms with van der Waals surface area (Å²) in [6.07, 6.45) is 3.59. The highest BCUT2D eigenvalue weighted by Gasteiger charge is 2.12. The molecule has 7 nitrogen and oxygen atoms in total. The van der Waals surface area contributed by atoms with Gasteiger partial charge in [0.2, 0.25) is 5.91 Å². The fraction of sp³-hybridized carbons (Fsp3) is 0.192. The van der Waals surface area contributed by atoms with Crippen LogP contribution in [-0.4, -0.2) is 23.0 Å². The number of hydrogen-bond donors (Lipinski definition) is 1. The summed E-state index contributed by atoms with van der Waals surface area (Å²) in [6.45, 7) is 2.76. The van der Waals surface area contributed by atoms with E-state index in [0.717, 1.165) is 16.3 Å². The van der Waals surface area contributed by atoms with Crippen molar-refractivity contribution in [1.29, 1.82) is 0 Å². The average Bonchev–Trinajstić information content (AvgIpc) is 3.30. The smallest absolute Gasteiger partial charge is 0.230 e. The van der Waals surface area contributed by atoms with E-state index in [1.54, 1.807) is 37.7 Å². The van der Waals surface area contributed by atoms with E-state index in [4.69, 9.17) is 14.2 Å². The van der Waals surface area contributed by atoms with Gasteiger partial charge >= 0.3 is 0 Å². The first-order chi connectivity index (χ1) is 16.6. The molecule has 4 rings (SSSR count). The fourth-order valence-electron chi connectivity index (χ4n) is 3.15. The number of aromatic nitrogens is 2. The molecule has 0 aliphatic rings. The number of carbonyl (C=O) groups excluding carboxylic acids is 1. The van der Waals surface area contributed by atoms with Gasteiger partial charge in [-0.3, -0.25) is 9.78 Å². The Balaban J connectivity index is 1.32. The third-order valence-electron chi connectivity index (χ3n) is 4.92. The Labute approximate surface area is 202 Å². The molecule has 4 aromatic rings. The van der Waals surface area contributed by atoms with E-state index in [1.807, 2.05) is 48.7 Å². The van der Waals surface area contributed by atoms with Crippen LogP contribution in [-0.2, 0) is 24.4 Å². The van der Waals surface area contributed by atoms with Gasteiger partial charge in [-0.05, 0) is 48.9 Å². The molecule has 2 aromatic heterocycles. The summed E-state index contributed by atoms with van der Waals surface area (Å²) in [5.74, 6) is 1.76. The van der Waals surface area contributed by atoms with Gasteiger partial charge in [0.05, 0.1) is 19.2 Å². The third-order valence-corrected chi connectivity index (χ3v) is 5.79. The van der Waals surface area contributed by atoms with E-state index in [1.165, 1.54) is 16.9 Å². The summed E-state index contributed by atoms with van der Waals surface area (Å²) in [5.41, 5.74) is 3.48.